The normalized spacial score (nSPS) is 29.2. The number of amides is 1. The van der Waals surface area contributed by atoms with Crippen LogP contribution in [0, 0.1) is 11.8 Å². The fourth-order valence-corrected chi connectivity index (χ4v) is 4.26. The highest BCUT2D eigenvalue weighted by Gasteiger charge is 2.31. The fraction of sp³-hybridized carbons (Fsp3) is 0.667. The predicted molar refractivity (Wildman–Crippen MR) is 104 cm³/mol. The minimum Gasteiger partial charge on any atom is -0.369 e. The summed E-state index contributed by atoms with van der Waals surface area (Å²) in [6, 6.07) is 10.9. The lowest BCUT2D eigenvalue weighted by molar-refractivity contribution is -0.127. The van der Waals surface area contributed by atoms with E-state index < -0.39 is 0 Å². The van der Waals surface area contributed by atoms with Gasteiger partial charge in [-0.05, 0) is 37.3 Å². The number of hydrogen-bond acceptors (Lipinski definition) is 3. The molecule has 1 N–H and O–H groups in total. The van der Waals surface area contributed by atoms with Gasteiger partial charge in [0.2, 0.25) is 5.91 Å². The molecule has 2 fully saturated rings. The molecule has 1 heterocycles. The van der Waals surface area contributed by atoms with Gasteiger partial charge in [0.05, 0.1) is 6.04 Å². The number of carbonyl (C=O) groups excluding carboxylic acids is 1. The van der Waals surface area contributed by atoms with Crippen molar-refractivity contribution < 1.29 is 4.79 Å². The highest BCUT2D eigenvalue weighted by molar-refractivity contribution is 5.81. The van der Waals surface area contributed by atoms with Crippen LogP contribution in [0.3, 0.4) is 0 Å². The molecule has 1 aliphatic heterocycles. The van der Waals surface area contributed by atoms with Gasteiger partial charge in [-0.3, -0.25) is 9.69 Å². The average molecular weight is 344 g/mol. The average Bonchev–Trinajstić information content (AvgIpc) is 2.65. The Hall–Kier alpha value is -1.55. The minimum atomic E-state index is -0.0395. The van der Waals surface area contributed by atoms with Crippen molar-refractivity contribution in [3.8, 4) is 0 Å². The van der Waals surface area contributed by atoms with Crippen LogP contribution in [0.1, 0.15) is 40.0 Å². The van der Waals surface area contributed by atoms with Crippen LogP contribution in [-0.2, 0) is 4.79 Å². The molecule has 1 aromatic carbocycles. The maximum Gasteiger partial charge on any atom is 0.237 e. The maximum atomic E-state index is 12.7. The van der Waals surface area contributed by atoms with E-state index in [9.17, 15) is 4.79 Å². The summed E-state index contributed by atoms with van der Waals surface area (Å²) >= 11 is 0. The van der Waals surface area contributed by atoms with E-state index in [1.54, 1.807) is 0 Å². The Bertz CT molecular complexity index is 554. The molecule has 4 atom stereocenters. The second-order valence-corrected chi connectivity index (χ2v) is 7.92. The van der Waals surface area contributed by atoms with Gasteiger partial charge in [-0.25, -0.2) is 0 Å². The molecule has 1 aliphatic carbocycles. The quantitative estimate of drug-likeness (QED) is 0.912. The van der Waals surface area contributed by atoms with E-state index in [-0.39, 0.29) is 11.9 Å². The number of rotatable bonds is 4. The molecule has 138 valence electrons. The lowest BCUT2D eigenvalue weighted by Gasteiger charge is -2.40. The first-order chi connectivity index (χ1) is 12.1. The summed E-state index contributed by atoms with van der Waals surface area (Å²) in [6.07, 6.45) is 3.66. The van der Waals surface area contributed by atoms with E-state index in [1.165, 1.54) is 18.5 Å². The monoisotopic (exact) mass is 343 g/mol. The molecule has 1 saturated carbocycles. The molecular weight excluding hydrogens is 310 g/mol. The second kappa shape index (κ2) is 8.22. The number of nitrogens with zero attached hydrogens (tertiary/aromatic N) is 2. The Morgan fingerprint density at radius 1 is 1.08 bits per heavy atom. The lowest BCUT2D eigenvalue weighted by Crippen LogP contribution is -2.56. The van der Waals surface area contributed by atoms with Gasteiger partial charge in [0.25, 0.3) is 0 Å². The molecule has 0 unspecified atom stereocenters. The van der Waals surface area contributed by atoms with Crippen molar-refractivity contribution in [1.29, 1.82) is 0 Å². The molecule has 1 amide bonds. The van der Waals surface area contributed by atoms with E-state index in [0.717, 1.165) is 32.6 Å². The van der Waals surface area contributed by atoms with Gasteiger partial charge < -0.3 is 10.2 Å². The molecule has 25 heavy (non-hydrogen) atoms. The van der Waals surface area contributed by atoms with Crippen molar-refractivity contribution >= 4 is 11.6 Å². The zero-order chi connectivity index (χ0) is 17.8. The summed E-state index contributed by atoms with van der Waals surface area (Å²) in [5.74, 6) is 1.50. The van der Waals surface area contributed by atoms with Gasteiger partial charge >= 0.3 is 0 Å². The van der Waals surface area contributed by atoms with Crippen molar-refractivity contribution in [1.82, 2.24) is 10.2 Å². The first kappa shape index (κ1) is 18.2. The standard InChI is InChI=1S/C21H33N3O/c1-16-8-7-11-20(17(16)2)22-21(25)18(3)23-12-14-24(15-13-23)19-9-5-4-6-10-19/h4-6,9-10,16-18,20H,7-8,11-15H2,1-3H3,(H,22,25)/t16-,17-,18-,20-/m1/s1. The molecule has 2 aliphatic rings. The Kier molecular flexibility index (Phi) is 6.00. The van der Waals surface area contributed by atoms with Crippen molar-refractivity contribution in [2.45, 2.75) is 52.1 Å². The molecule has 1 saturated heterocycles. The molecule has 0 aromatic heterocycles. The number of benzene rings is 1. The third-order valence-electron chi connectivity index (χ3n) is 6.40. The largest absolute Gasteiger partial charge is 0.369 e. The molecule has 0 radical (unpaired) electrons. The number of para-hydroxylation sites is 1. The molecule has 4 heteroatoms. The summed E-state index contributed by atoms with van der Waals surface area (Å²) in [5.41, 5.74) is 1.28. The first-order valence-electron chi connectivity index (χ1n) is 9.90. The van der Waals surface area contributed by atoms with Gasteiger partial charge in [-0.2, -0.15) is 0 Å². The second-order valence-electron chi connectivity index (χ2n) is 7.92. The zero-order valence-corrected chi connectivity index (χ0v) is 15.9. The van der Waals surface area contributed by atoms with Crippen molar-refractivity contribution in [2.75, 3.05) is 31.1 Å². The predicted octanol–water partition coefficient (Wildman–Crippen LogP) is 3.14. The molecular formula is C21H33N3O. The van der Waals surface area contributed by atoms with Gasteiger partial charge in [0.15, 0.2) is 0 Å². The zero-order valence-electron chi connectivity index (χ0n) is 15.9. The van der Waals surface area contributed by atoms with Crippen LogP contribution in [0.5, 0.6) is 0 Å². The number of anilines is 1. The Morgan fingerprint density at radius 3 is 2.44 bits per heavy atom. The van der Waals surface area contributed by atoms with Crippen LogP contribution in [-0.4, -0.2) is 49.1 Å². The number of nitrogens with one attached hydrogen (secondary N) is 1. The van der Waals surface area contributed by atoms with E-state index in [4.69, 9.17) is 0 Å². The third-order valence-corrected chi connectivity index (χ3v) is 6.40. The maximum absolute atomic E-state index is 12.7. The number of carbonyl (C=O) groups is 1. The smallest absolute Gasteiger partial charge is 0.237 e. The van der Waals surface area contributed by atoms with Crippen LogP contribution in [0.15, 0.2) is 30.3 Å². The molecule has 3 rings (SSSR count). The highest BCUT2D eigenvalue weighted by Crippen LogP contribution is 2.29. The van der Waals surface area contributed by atoms with E-state index in [0.29, 0.717) is 17.9 Å². The summed E-state index contributed by atoms with van der Waals surface area (Å²) in [4.78, 5) is 17.5. The van der Waals surface area contributed by atoms with E-state index >= 15 is 0 Å². The fourth-order valence-electron chi connectivity index (χ4n) is 4.26. The highest BCUT2D eigenvalue weighted by atomic mass is 16.2. The van der Waals surface area contributed by atoms with E-state index in [1.807, 2.05) is 0 Å². The first-order valence-corrected chi connectivity index (χ1v) is 9.90. The number of piperazine rings is 1. The van der Waals surface area contributed by atoms with Crippen molar-refractivity contribution in [2.24, 2.45) is 11.8 Å². The SMILES string of the molecule is C[C@@H]1[C@H](C)CCC[C@H]1NC(=O)[C@@H](C)N1CCN(c2ccccc2)CC1. The summed E-state index contributed by atoms with van der Waals surface area (Å²) in [5, 5.41) is 3.34. The van der Waals surface area contributed by atoms with Gasteiger partial charge in [0.1, 0.15) is 0 Å². The van der Waals surface area contributed by atoms with Gasteiger partial charge in [-0.15, -0.1) is 0 Å². The Morgan fingerprint density at radius 2 is 1.76 bits per heavy atom. The minimum absolute atomic E-state index is 0.0395. The third kappa shape index (κ3) is 4.35. The topological polar surface area (TPSA) is 35.6 Å². The van der Waals surface area contributed by atoms with Crippen LogP contribution < -0.4 is 10.2 Å². The van der Waals surface area contributed by atoms with Crippen LogP contribution in [0.25, 0.3) is 0 Å². The van der Waals surface area contributed by atoms with Crippen LogP contribution in [0.2, 0.25) is 0 Å². The lowest BCUT2D eigenvalue weighted by atomic mass is 9.78. The summed E-state index contributed by atoms with van der Waals surface area (Å²) in [6.45, 7) is 10.5. The van der Waals surface area contributed by atoms with Crippen LogP contribution >= 0.6 is 0 Å². The summed E-state index contributed by atoms with van der Waals surface area (Å²) < 4.78 is 0. The van der Waals surface area contributed by atoms with Crippen LogP contribution in [0.4, 0.5) is 5.69 Å². The molecule has 0 spiro atoms. The van der Waals surface area contributed by atoms with Gasteiger partial charge in [-0.1, -0.05) is 44.9 Å². The number of hydrogen-bond donors (Lipinski definition) is 1. The van der Waals surface area contributed by atoms with Crippen molar-refractivity contribution in [3.05, 3.63) is 30.3 Å². The Balaban J connectivity index is 1.50. The molecule has 1 aromatic rings. The van der Waals surface area contributed by atoms with Gasteiger partial charge in [0, 0.05) is 37.9 Å². The molecule has 4 nitrogen and oxygen atoms in total. The molecule has 0 bridgehead atoms. The van der Waals surface area contributed by atoms with E-state index in [2.05, 4.69) is 66.2 Å². The summed E-state index contributed by atoms with van der Waals surface area (Å²) in [7, 11) is 0. The van der Waals surface area contributed by atoms with Crippen molar-refractivity contribution in [3.63, 3.8) is 0 Å². The Labute approximate surface area is 152 Å².